The molecule has 6 aliphatic heterocycles. The number of nitrogens with one attached hydrogen (secondary N) is 5. The molecule has 6 saturated heterocycles. The summed E-state index contributed by atoms with van der Waals surface area (Å²) in [6, 6.07) is 10.8. The van der Waals surface area contributed by atoms with Crippen molar-refractivity contribution < 1.29 is 83.1 Å². The Hall–Kier alpha value is -6.60. The van der Waals surface area contributed by atoms with Gasteiger partial charge in [0.05, 0.1) is 73.2 Å². The summed E-state index contributed by atoms with van der Waals surface area (Å²) in [7, 11) is 2.69. The number of carboxylic acid groups (broad SMARTS) is 1. The average Bonchev–Trinajstić information content (AvgIpc) is 1.45. The van der Waals surface area contributed by atoms with Crippen molar-refractivity contribution in [1.82, 2.24) is 26.6 Å². The van der Waals surface area contributed by atoms with E-state index < -0.39 is 126 Å². The molecule has 11 N–H and O–H groups in total. The Bertz CT molecular complexity index is 3470. The molecule has 12 rings (SSSR count). The molecule has 502 valence electrons. The number of carboxylic acids is 1. The van der Waals surface area contributed by atoms with Gasteiger partial charge in [0.15, 0.2) is 12.1 Å². The van der Waals surface area contributed by atoms with Crippen LogP contribution in [0.2, 0.25) is 0 Å². The Balaban J connectivity index is 0.747. The monoisotopic (exact) mass is 1290 g/mol. The van der Waals surface area contributed by atoms with Gasteiger partial charge in [-0.1, -0.05) is 77.4 Å². The molecule has 0 spiro atoms. The number of aromatic hydroxyl groups is 2. The zero-order valence-corrected chi connectivity index (χ0v) is 54.1. The zero-order valence-electron chi connectivity index (χ0n) is 54.1. The first-order valence-corrected chi connectivity index (χ1v) is 33.4. The topological polar surface area (TPSA) is 330 Å². The van der Waals surface area contributed by atoms with Crippen LogP contribution in [0, 0.1) is 59.2 Å². The number of methoxy groups -OCH3 is 2. The number of aliphatic carboxylic acids is 1. The number of phenols is 2. The highest BCUT2D eigenvalue weighted by Gasteiger charge is 2.64. The minimum absolute atomic E-state index is 0.0138. The normalized spacial score (nSPS) is 39.0. The number of hydrogen-bond acceptors (Lipinski definition) is 20. The van der Waals surface area contributed by atoms with Crippen molar-refractivity contribution in [3.8, 4) is 23.0 Å². The van der Waals surface area contributed by atoms with Crippen molar-refractivity contribution in [3.05, 3.63) is 100 Å². The molecule has 22 heteroatoms. The first-order valence-electron chi connectivity index (χ1n) is 33.4. The molecule has 1 saturated carbocycles. The van der Waals surface area contributed by atoms with E-state index in [1.54, 1.807) is 24.3 Å². The molecule has 8 bridgehead atoms. The van der Waals surface area contributed by atoms with E-state index in [2.05, 4.69) is 73.9 Å². The maximum absolute atomic E-state index is 14.3. The van der Waals surface area contributed by atoms with Crippen LogP contribution in [0.1, 0.15) is 154 Å². The number of amides is 1. The molecule has 0 radical (unpaired) electrons. The van der Waals surface area contributed by atoms with Gasteiger partial charge >= 0.3 is 17.9 Å². The molecule has 1 amide bonds. The van der Waals surface area contributed by atoms with Gasteiger partial charge in [-0.05, 0) is 92.2 Å². The third-order valence-corrected chi connectivity index (χ3v) is 23.6. The summed E-state index contributed by atoms with van der Waals surface area (Å²) in [4.78, 5) is 82.6. The number of benzene rings is 3. The molecule has 25 atom stereocenters. The van der Waals surface area contributed by atoms with E-state index in [1.807, 2.05) is 0 Å². The van der Waals surface area contributed by atoms with Gasteiger partial charge in [-0.3, -0.25) is 28.8 Å². The van der Waals surface area contributed by atoms with Crippen LogP contribution in [0.5, 0.6) is 23.0 Å². The molecule has 0 aromatic heterocycles. The number of ether oxygens (including phenoxy) is 5. The maximum Gasteiger partial charge on any atom is 0.311 e. The van der Waals surface area contributed by atoms with E-state index >= 15 is 0 Å². The summed E-state index contributed by atoms with van der Waals surface area (Å²) < 4.78 is 29.5. The lowest BCUT2D eigenvalue weighted by atomic mass is 9.72. The number of hydrogen-bond donors (Lipinski definition) is 11. The summed E-state index contributed by atoms with van der Waals surface area (Å²) in [6.45, 7) is 17.3. The van der Waals surface area contributed by atoms with Gasteiger partial charge < -0.3 is 80.9 Å². The summed E-state index contributed by atoms with van der Waals surface area (Å²) in [5, 5.41) is 88.6. The standard InChI is InChI=1S/C71H91N5O17/c1-10-36-30(3)41-23-43-32(5)38(62(75-43)58-61(70(87)90-9)67(84)55-33(6)44(76-63(55)58)25-46-37(11-2)31(4)42(73-46)24-45(36)72-41)20-22-53(80)92-48-17-13-12-15-35(48)19-21-51(77)74-47-26-54(91-34(7)64(47)81)93-50-28-71(88,29-52(78)79)27-40-57(50)69(86)59-60(66(40)83)68(85)56-39(65(59)82)16-14-18-49(56)89-8/h10,12-19,21,30-34,36-38,41-47,50,54-55,58,61-64,67,72-73,75-76,81,83-84,86,88H,1,11,20,22-29H2,2-9H3,(H,74,77)(H,78,79)/t30?,31?,32?,33?,34-,36?,37?,38?,41?,42?,43?,44?,45?,46?,47-,50+,54-,55?,58?,61?,62?,63?,64+,67?,71+/m1/s1. The Morgan fingerprint density at radius 2 is 1.41 bits per heavy atom. The fourth-order valence-corrected chi connectivity index (χ4v) is 19.0. The number of rotatable bonds is 15. The van der Waals surface area contributed by atoms with Crippen LogP contribution in [-0.4, -0.2) is 165 Å². The van der Waals surface area contributed by atoms with Crippen molar-refractivity contribution in [3.63, 3.8) is 0 Å². The lowest BCUT2D eigenvalue weighted by molar-refractivity contribution is -0.250. The second kappa shape index (κ2) is 26.2. The van der Waals surface area contributed by atoms with Crippen molar-refractivity contribution in [2.45, 2.75) is 196 Å². The highest BCUT2D eigenvalue weighted by molar-refractivity contribution is 6.31. The van der Waals surface area contributed by atoms with E-state index in [-0.39, 0.29) is 124 Å². The van der Waals surface area contributed by atoms with E-state index in [0.717, 1.165) is 25.7 Å². The van der Waals surface area contributed by atoms with Gasteiger partial charge in [0.25, 0.3) is 0 Å². The van der Waals surface area contributed by atoms with Crippen molar-refractivity contribution in [2.75, 3.05) is 14.2 Å². The van der Waals surface area contributed by atoms with E-state index in [9.17, 15) is 59.4 Å². The number of fused-ring (bicyclic) bond motifs is 11. The third kappa shape index (κ3) is 11.9. The predicted octanol–water partition coefficient (Wildman–Crippen LogP) is 5.40. The predicted molar refractivity (Wildman–Crippen MR) is 339 cm³/mol. The Kier molecular flexibility index (Phi) is 18.7. The SMILES string of the molecule is C=CC1C2CC3NC(CC4NC5C(C4C)C(O)C(C(=O)OC)C5C4NC(CC(N2)C1C)C(C)C4CCC(=O)Oc1ccccc1C=CC(=O)N[C@@H]1C[C@@H](O[C@H]2C[C@](O)(CC(=O)O)Cc4c(O)c5c(c(O)c42)C(=O)c2cccc(OC)c2C5=O)O[C@H](C)[C@@H]1O)C(CC)C3C. The van der Waals surface area contributed by atoms with Crippen LogP contribution in [0.15, 0.2) is 61.2 Å². The fourth-order valence-electron chi connectivity index (χ4n) is 19.0. The van der Waals surface area contributed by atoms with Crippen molar-refractivity contribution >= 4 is 41.5 Å². The molecule has 6 heterocycles. The molecule has 3 aromatic rings. The highest BCUT2D eigenvalue weighted by Crippen LogP contribution is 2.56. The van der Waals surface area contributed by atoms with Gasteiger partial charge in [0, 0.05) is 114 Å². The minimum atomic E-state index is -2.11. The van der Waals surface area contributed by atoms with Gasteiger partial charge in [-0.15, -0.1) is 6.58 Å². The average molecular weight is 1290 g/mol. The fraction of sp³-hybridized carbons (Fsp3) is 0.606. The Morgan fingerprint density at radius 1 is 0.753 bits per heavy atom. The number of aliphatic hydroxyl groups is 3. The smallest absolute Gasteiger partial charge is 0.311 e. The Morgan fingerprint density at radius 3 is 2.13 bits per heavy atom. The zero-order chi connectivity index (χ0) is 66.4. The second-order valence-corrected chi connectivity index (χ2v) is 28.4. The summed E-state index contributed by atoms with van der Waals surface area (Å²) in [6.07, 6.45) is 1.02. The lowest BCUT2D eigenvalue weighted by Crippen LogP contribution is -2.55. The van der Waals surface area contributed by atoms with E-state index in [0.29, 0.717) is 35.8 Å². The number of para-hydroxylation sites is 1. The Labute approximate surface area is 542 Å². The second-order valence-electron chi connectivity index (χ2n) is 28.4. The van der Waals surface area contributed by atoms with Crippen LogP contribution >= 0.6 is 0 Å². The molecule has 22 nitrogen and oxygen atoms in total. The molecule has 19 unspecified atom stereocenters. The van der Waals surface area contributed by atoms with E-state index in [1.165, 1.54) is 51.5 Å². The quantitative estimate of drug-likeness (QED) is 0.0233. The van der Waals surface area contributed by atoms with Gasteiger partial charge in [0.2, 0.25) is 11.7 Å². The van der Waals surface area contributed by atoms with Gasteiger partial charge in [-0.2, -0.15) is 0 Å². The molecule has 3 aromatic carbocycles. The molecule has 93 heavy (non-hydrogen) atoms. The molecular formula is C71H91N5O17. The number of carbonyl (C=O) groups excluding carboxylic acids is 5. The number of esters is 2. The maximum atomic E-state index is 14.3. The first-order chi connectivity index (χ1) is 44.4. The van der Waals surface area contributed by atoms with Gasteiger partial charge in [-0.25, -0.2) is 0 Å². The largest absolute Gasteiger partial charge is 0.507 e. The summed E-state index contributed by atoms with van der Waals surface area (Å²) in [5.41, 5.74) is -3.38. The van der Waals surface area contributed by atoms with Crippen molar-refractivity contribution in [1.29, 1.82) is 0 Å². The van der Waals surface area contributed by atoms with Crippen LogP contribution in [0.25, 0.3) is 6.08 Å². The number of carbonyl (C=O) groups is 6. The lowest BCUT2D eigenvalue weighted by Gasteiger charge is -2.43. The first kappa shape index (κ1) is 66.4. The van der Waals surface area contributed by atoms with Crippen LogP contribution in [0.3, 0.4) is 0 Å². The summed E-state index contributed by atoms with van der Waals surface area (Å²) >= 11 is 0. The summed E-state index contributed by atoms with van der Waals surface area (Å²) in [5.74, 6) is -5.59. The van der Waals surface area contributed by atoms with Crippen LogP contribution in [0.4, 0.5) is 0 Å². The highest BCUT2D eigenvalue weighted by atomic mass is 16.7. The van der Waals surface area contributed by atoms with E-state index in [4.69, 9.17) is 23.7 Å². The molecule has 7 fully saturated rings. The number of aliphatic hydroxyl groups excluding tert-OH is 2. The number of phenolic OH excluding ortho intramolecular Hbond substituents is 2. The van der Waals surface area contributed by atoms with Crippen LogP contribution < -0.4 is 36.1 Å². The molecule has 3 aliphatic carbocycles. The van der Waals surface area contributed by atoms with Crippen molar-refractivity contribution in [2.24, 2.45) is 59.2 Å². The third-order valence-electron chi connectivity index (χ3n) is 23.6. The molecule has 9 aliphatic rings. The van der Waals surface area contributed by atoms with Gasteiger partial charge in [0.1, 0.15) is 29.1 Å². The molecular weight excluding hydrogens is 1190 g/mol. The van der Waals surface area contributed by atoms with Crippen LogP contribution in [-0.2, 0) is 39.8 Å². The minimum Gasteiger partial charge on any atom is -0.507 e. The number of ketones is 2.